The van der Waals surface area contributed by atoms with Crippen LogP contribution in [-0.4, -0.2) is 48.8 Å². The molecule has 0 spiro atoms. The molecule has 0 aliphatic carbocycles. The average molecular weight is 367 g/mol. The van der Waals surface area contributed by atoms with Gasteiger partial charge in [-0.15, -0.1) is 0 Å². The minimum atomic E-state index is -0.125. The molecular formula is C22H29N3O2. The number of aryl methyl sites for hydroxylation is 2. The van der Waals surface area contributed by atoms with Crippen molar-refractivity contribution in [1.29, 1.82) is 0 Å². The summed E-state index contributed by atoms with van der Waals surface area (Å²) < 4.78 is 0. The minimum Gasteiger partial charge on any atom is -0.340 e. The number of carbonyl (C=O) groups excluding carboxylic acids is 2. The van der Waals surface area contributed by atoms with Crippen LogP contribution in [0.15, 0.2) is 42.5 Å². The minimum absolute atomic E-state index is 0.0161. The molecule has 0 aliphatic rings. The first-order valence-corrected chi connectivity index (χ1v) is 9.10. The third-order valence-corrected chi connectivity index (χ3v) is 4.66. The van der Waals surface area contributed by atoms with Crippen LogP contribution in [0.2, 0.25) is 0 Å². The van der Waals surface area contributed by atoms with Crippen molar-refractivity contribution >= 4 is 17.5 Å². The molecule has 0 saturated carbocycles. The van der Waals surface area contributed by atoms with E-state index in [-0.39, 0.29) is 24.9 Å². The zero-order valence-electron chi connectivity index (χ0n) is 16.9. The normalized spacial score (nSPS) is 10.7. The number of rotatable bonds is 7. The molecule has 0 bridgehead atoms. The molecule has 0 radical (unpaired) electrons. The summed E-state index contributed by atoms with van der Waals surface area (Å²) in [4.78, 5) is 28.1. The molecule has 0 aromatic heterocycles. The van der Waals surface area contributed by atoms with E-state index in [0.717, 1.165) is 22.4 Å². The lowest BCUT2D eigenvalue weighted by atomic mass is 10.1. The third kappa shape index (κ3) is 6.22. The van der Waals surface area contributed by atoms with Gasteiger partial charge < -0.3 is 10.2 Å². The highest BCUT2D eigenvalue weighted by atomic mass is 16.2. The Balaban J connectivity index is 1.83. The van der Waals surface area contributed by atoms with Gasteiger partial charge in [-0.25, -0.2) is 0 Å². The molecule has 0 heterocycles. The Morgan fingerprint density at radius 3 is 2.26 bits per heavy atom. The van der Waals surface area contributed by atoms with E-state index in [1.165, 1.54) is 5.56 Å². The van der Waals surface area contributed by atoms with E-state index in [4.69, 9.17) is 0 Å². The Morgan fingerprint density at radius 1 is 0.926 bits per heavy atom. The van der Waals surface area contributed by atoms with Gasteiger partial charge in [-0.05, 0) is 50.6 Å². The van der Waals surface area contributed by atoms with Crippen molar-refractivity contribution in [3.63, 3.8) is 0 Å². The van der Waals surface area contributed by atoms with Crippen LogP contribution in [0.5, 0.6) is 0 Å². The molecule has 5 heteroatoms. The van der Waals surface area contributed by atoms with Gasteiger partial charge in [-0.2, -0.15) is 0 Å². The average Bonchev–Trinajstić information content (AvgIpc) is 2.60. The van der Waals surface area contributed by atoms with Crippen LogP contribution in [0.3, 0.4) is 0 Å². The quantitative estimate of drug-likeness (QED) is 0.818. The van der Waals surface area contributed by atoms with E-state index < -0.39 is 0 Å². The molecule has 0 fully saturated rings. The summed E-state index contributed by atoms with van der Waals surface area (Å²) >= 11 is 0. The van der Waals surface area contributed by atoms with Crippen LogP contribution < -0.4 is 5.32 Å². The van der Waals surface area contributed by atoms with Crippen LogP contribution in [0.4, 0.5) is 5.69 Å². The number of benzene rings is 2. The molecule has 27 heavy (non-hydrogen) atoms. The first-order valence-electron chi connectivity index (χ1n) is 9.10. The van der Waals surface area contributed by atoms with E-state index in [0.29, 0.717) is 6.54 Å². The lowest BCUT2D eigenvalue weighted by Crippen LogP contribution is -2.39. The zero-order chi connectivity index (χ0) is 20.0. The summed E-state index contributed by atoms with van der Waals surface area (Å²) in [6, 6.07) is 14.0. The molecule has 2 aromatic rings. The maximum absolute atomic E-state index is 12.4. The van der Waals surface area contributed by atoms with E-state index in [2.05, 4.69) is 5.32 Å². The van der Waals surface area contributed by atoms with Crippen molar-refractivity contribution in [1.82, 2.24) is 9.80 Å². The topological polar surface area (TPSA) is 52.7 Å². The fraction of sp³-hybridized carbons (Fsp3) is 0.364. The molecule has 0 aliphatic heterocycles. The first kappa shape index (κ1) is 20.6. The molecule has 2 aromatic carbocycles. The van der Waals surface area contributed by atoms with Gasteiger partial charge in [0.15, 0.2) is 0 Å². The zero-order valence-corrected chi connectivity index (χ0v) is 16.9. The molecule has 1 N–H and O–H groups in total. The van der Waals surface area contributed by atoms with Gasteiger partial charge in [-0.3, -0.25) is 14.5 Å². The van der Waals surface area contributed by atoms with E-state index in [9.17, 15) is 9.59 Å². The molecular weight excluding hydrogens is 338 g/mol. The van der Waals surface area contributed by atoms with Crippen molar-refractivity contribution in [2.24, 2.45) is 0 Å². The van der Waals surface area contributed by atoms with Crippen molar-refractivity contribution in [2.75, 3.05) is 32.5 Å². The summed E-state index contributed by atoms with van der Waals surface area (Å²) in [7, 11) is 3.56. The number of hydrogen-bond acceptors (Lipinski definition) is 3. The van der Waals surface area contributed by atoms with Gasteiger partial charge in [-0.1, -0.05) is 42.0 Å². The Hall–Kier alpha value is -2.66. The Morgan fingerprint density at radius 2 is 1.59 bits per heavy atom. The molecule has 2 rings (SSSR count). The van der Waals surface area contributed by atoms with Gasteiger partial charge in [0.25, 0.3) is 0 Å². The van der Waals surface area contributed by atoms with Gasteiger partial charge in [0.1, 0.15) is 0 Å². The lowest BCUT2D eigenvalue weighted by Gasteiger charge is -2.22. The van der Waals surface area contributed by atoms with Gasteiger partial charge in [0.05, 0.1) is 13.1 Å². The lowest BCUT2D eigenvalue weighted by molar-refractivity contribution is -0.131. The number of hydrogen-bond donors (Lipinski definition) is 1. The molecule has 144 valence electrons. The van der Waals surface area contributed by atoms with Crippen molar-refractivity contribution in [3.05, 3.63) is 64.7 Å². The molecule has 0 atom stereocenters. The van der Waals surface area contributed by atoms with E-state index >= 15 is 0 Å². The van der Waals surface area contributed by atoms with Gasteiger partial charge in [0, 0.05) is 19.3 Å². The largest absolute Gasteiger partial charge is 0.340 e. The van der Waals surface area contributed by atoms with E-state index in [1.807, 2.05) is 63.2 Å². The SMILES string of the molecule is Cc1ccc(CN(C)C(=O)CN(C)CC(=O)Nc2cccc(C)c2C)cc1. The smallest absolute Gasteiger partial charge is 0.238 e. The highest BCUT2D eigenvalue weighted by Crippen LogP contribution is 2.17. The van der Waals surface area contributed by atoms with Crippen LogP contribution in [0.25, 0.3) is 0 Å². The second kappa shape index (κ2) is 9.33. The Labute approximate surface area is 162 Å². The highest BCUT2D eigenvalue weighted by Gasteiger charge is 2.15. The van der Waals surface area contributed by atoms with Crippen LogP contribution in [0, 0.1) is 20.8 Å². The predicted molar refractivity (Wildman–Crippen MR) is 110 cm³/mol. The van der Waals surface area contributed by atoms with Crippen molar-refractivity contribution < 1.29 is 9.59 Å². The maximum atomic E-state index is 12.4. The Kier molecular flexibility index (Phi) is 7.13. The summed E-state index contributed by atoms with van der Waals surface area (Å²) in [6.07, 6.45) is 0. The Bertz CT molecular complexity index is 800. The van der Waals surface area contributed by atoms with Crippen molar-refractivity contribution in [2.45, 2.75) is 27.3 Å². The highest BCUT2D eigenvalue weighted by molar-refractivity contribution is 5.93. The molecule has 2 amide bonds. The van der Waals surface area contributed by atoms with Gasteiger partial charge in [0.2, 0.25) is 11.8 Å². The second-order valence-corrected chi connectivity index (χ2v) is 7.20. The summed E-state index contributed by atoms with van der Waals surface area (Å²) in [5, 5.41) is 2.92. The number of nitrogens with zero attached hydrogens (tertiary/aromatic N) is 2. The van der Waals surface area contributed by atoms with Gasteiger partial charge >= 0.3 is 0 Å². The number of anilines is 1. The monoisotopic (exact) mass is 367 g/mol. The van der Waals surface area contributed by atoms with Crippen molar-refractivity contribution in [3.8, 4) is 0 Å². The fourth-order valence-electron chi connectivity index (χ4n) is 2.78. The fourth-order valence-corrected chi connectivity index (χ4v) is 2.78. The molecule has 5 nitrogen and oxygen atoms in total. The summed E-state index contributed by atoms with van der Waals surface area (Å²) in [6.45, 7) is 6.95. The number of amides is 2. The molecule has 0 unspecified atom stereocenters. The maximum Gasteiger partial charge on any atom is 0.238 e. The number of nitrogens with one attached hydrogen (secondary N) is 1. The van der Waals surface area contributed by atoms with Crippen LogP contribution in [-0.2, 0) is 16.1 Å². The van der Waals surface area contributed by atoms with Crippen LogP contribution in [0.1, 0.15) is 22.3 Å². The number of carbonyl (C=O) groups is 2. The first-order chi connectivity index (χ1) is 12.8. The standard InChI is InChI=1S/C22H29N3O2/c1-16-9-11-19(12-10-16)13-25(5)22(27)15-24(4)14-21(26)23-20-8-6-7-17(2)18(20)3/h6-12H,13-15H2,1-5H3,(H,23,26). The number of likely N-dealkylation sites (N-methyl/N-ethyl adjacent to an activating group) is 2. The molecule has 0 saturated heterocycles. The van der Waals surface area contributed by atoms with E-state index in [1.54, 1.807) is 23.9 Å². The predicted octanol–water partition coefficient (Wildman–Crippen LogP) is 3.14. The van der Waals surface area contributed by atoms with Crippen LogP contribution >= 0.6 is 0 Å². The summed E-state index contributed by atoms with van der Waals surface area (Å²) in [5.41, 5.74) is 5.29. The third-order valence-electron chi connectivity index (χ3n) is 4.66. The summed E-state index contributed by atoms with van der Waals surface area (Å²) in [5.74, 6) is -0.141. The second-order valence-electron chi connectivity index (χ2n) is 7.20.